The molecule has 1 heterocycles. The molecule has 0 saturated heterocycles. The van der Waals surface area contributed by atoms with E-state index in [1.807, 2.05) is 55.8 Å². The van der Waals surface area contributed by atoms with Gasteiger partial charge in [0.2, 0.25) is 5.91 Å². The number of aromatic nitrogens is 2. The van der Waals surface area contributed by atoms with Crippen LogP contribution in [0.3, 0.4) is 0 Å². The van der Waals surface area contributed by atoms with E-state index in [0.717, 1.165) is 16.4 Å². The Labute approximate surface area is 174 Å². The third kappa shape index (κ3) is 5.48. The van der Waals surface area contributed by atoms with E-state index in [1.54, 1.807) is 30.5 Å². The molecule has 0 aliphatic rings. The number of thioether (sulfide) groups is 1. The topological polar surface area (TPSA) is 76.0 Å². The maximum Gasteiger partial charge on any atom is 0.251 e. The molecule has 0 spiro atoms. The van der Waals surface area contributed by atoms with Crippen molar-refractivity contribution in [3.63, 3.8) is 0 Å². The molecular formula is C22H24N4O2S. The minimum absolute atomic E-state index is 0.0751. The van der Waals surface area contributed by atoms with E-state index in [0.29, 0.717) is 11.3 Å². The lowest BCUT2D eigenvalue weighted by Gasteiger charge is -2.11. The third-order valence-electron chi connectivity index (χ3n) is 4.16. The summed E-state index contributed by atoms with van der Waals surface area (Å²) in [5, 5.41) is 6.45. The van der Waals surface area contributed by atoms with Crippen LogP contribution in [-0.2, 0) is 4.79 Å². The highest BCUT2D eigenvalue weighted by Gasteiger charge is 2.11. The quantitative estimate of drug-likeness (QED) is 0.578. The van der Waals surface area contributed by atoms with Crippen molar-refractivity contribution in [2.75, 3.05) is 11.1 Å². The van der Waals surface area contributed by atoms with Crippen LogP contribution in [0, 0.1) is 6.92 Å². The summed E-state index contributed by atoms with van der Waals surface area (Å²) in [6, 6.07) is 15.0. The van der Waals surface area contributed by atoms with Crippen LogP contribution in [0.25, 0.3) is 5.69 Å². The zero-order chi connectivity index (χ0) is 20.8. The van der Waals surface area contributed by atoms with Gasteiger partial charge < -0.3 is 10.6 Å². The minimum Gasteiger partial charge on any atom is -0.350 e. The molecule has 0 aliphatic heterocycles. The zero-order valence-corrected chi connectivity index (χ0v) is 17.5. The summed E-state index contributed by atoms with van der Waals surface area (Å²) in [6.07, 6.45) is 3.62. The molecule has 0 radical (unpaired) electrons. The van der Waals surface area contributed by atoms with Crippen molar-refractivity contribution in [3.05, 3.63) is 72.1 Å². The van der Waals surface area contributed by atoms with Gasteiger partial charge in [-0.3, -0.25) is 14.2 Å². The molecule has 150 valence electrons. The number of aryl methyl sites for hydroxylation is 1. The second kappa shape index (κ2) is 9.43. The van der Waals surface area contributed by atoms with Crippen LogP contribution < -0.4 is 10.6 Å². The number of carbonyl (C=O) groups excluding carboxylic acids is 2. The summed E-state index contributed by atoms with van der Waals surface area (Å²) in [5.74, 6) is -0.0245. The van der Waals surface area contributed by atoms with Crippen molar-refractivity contribution in [2.45, 2.75) is 32.0 Å². The minimum atomic E-state index is -0.131. The normalized spacial score (nSPS) is 10.8. The number of anilines is 1. The monoisotopic (exact) mass is 408 g/mol. The second-order valence-electron chi connectivity index (χ2n) is 6.91. The smallest absolute Gasteiger partial charge is 0.251 e. The first-order valence-electron chi connectivity index (χ1n) is 9.37. The van der Waals surface area contributed by atoms with Gasteiger partial charge in [0.15, 0.2) is 5.16 Å². The van der Waals surface area contributed by atoms with Gasteiger partial charge in [0, 0.05) is 29.7 Å². The summed E-state index contributed by atoms with van der Waals surface area (Å²) >= 11 is 1.38. The Kier molecular flexibility index (Phi) is 6.72. The molecule has 2 amide bonds. The predicted octanol–water partition coefficient (Wildman–Crippen LogP) is 4.05. The third-order valence-corrected chi connectivity index (χ3v) is 5.13. The molecule has 2 aromatic carbocycles. The summed E-state index contributed by atoms with van der Waals surface area (Å²) in [6.45, 7) is 5.87. The molecule has 0 unspecified atom stereocenters. The fourth-order valence-corrected chi connectivity index (χ4v) is 3.56. The molecule has 0 atom stereocenters. The lowest BCUT2D eigenvalue weighted by Crippen LogP contribution is -2.30. The number of hydrogen-bond acceptors (Lipinski definition) is 4. The molecule has 0 fully saturated rings. The van der Waals surface area contributed by atoms with Crippen LogP contribution in [0.15, 0.2) is 66.1 Å². The molecule has 0 aliphatic carbocycles. The molecule has 6 nitrogen and oxygen atoms in total. The van der Waals surface area contributed by atoms with Crippen molar-refractivity contribution in [3.8, 4) is 5.69 Å². The molecule has 29 heavy (non-hydrogen) atoms. The van der Waals surface area contributed by atoms with Gasteiger partial charge in [0.05, 0.1) is 11.4 Å². The van der Waals surface area contributed by atoms with Crippen molar-refractivity contribution in [2.24, 2.45) is 0 Å². The molecule has 2 N–H and O–H groups in total. The number of nitrogens with one attached hydrogen (secondary N) is 2. The number of para-hydroxylation sites is 1. The highest BCUT2D eigenvalue weighted by Crippen LogP contribution is 2.22. The number of hydrogen-bond donors (Lipinski definition) is 2. The van der Waals surface area contributed by atoms with Crippen molar-refractivity contribution in [1.82, 2.24) is 14.9 Å². The highest BCUT2D eigenvalue weighted by atomic mass is 32.2. The maximum absolute atomic E-state index is 12.3. The van der Waals surface area contributed by atoms with Crippen LogP contribution in [0.4, 0.5) is 5.69 Å². The van der Waals surface area contributed by atoms with E-state index in [-0.39, 0.29) is 23.6 Å². The second-order valence-corrected chi connectivity index (χ2v) is 7.85. The fourth-order valence-electron chi connectivity index (χ4n) is 2.79. The van der Waals surface area contributed by atoms with Gasteiger partial charge in [-0.25, -0.2) is 4.98 Å². The summed E-state index contributed by atoms with van der Waals surface area (Å²) < 4.78 is 1.98. The molecule has 7 heteroatoms. The fraction of sp³-hybridized carbons (Fsp3) is 0.227. The Hall–Kier alpha value is -3.06. The van der Waals surface area contributed by atoms with Gasteiger partial charge in [0.25, 0.3) is 5.91 Å². The van der Waals surface area contributed by atoms with Crippen molar-refractivity contribution in [1.29, 1.82) is 0 Å². The lowest BCUT2D eigenvalue weighted by molar-refractivity contribution is -0.113. The van der Waals surface area contributed by atoms with Gasteiger partial charge in [-0.2, -0.15) is 0 Å². The Morgan fingerprint density at radius 1 is 1.10 bits per heavy atom. The SMILES string of the molecule is Cc1ccccc1-n1ccnc1SCC(=O)Nc1ccc(C(=O)NC(C)C)cc1. The summed E-state index contributed by atoms with van der Waals surface area (Å²) in [7, 11) is 0. The van der Waals surface area contributed by atoms with Gasteiger partial charge in [0.1, 0.15) is 0 Å². The van der Waals surface area contributed by atoms with Gasteiger partial charge in [-0.1, -0.05) is 30.0 Å². The van der Waals surface area contributed by atoms with E-state index >= 15 is 0 Å². The first-order valence-corrected chi connectivity index (χ1v) is 10.4. The van der Waals surface area contributed by atoms with Gasteiger partial charge in [-0.15, -0.1) is 0 Å². The number of imidazole rings is 1. The van der Waals surface area contributed by atoms with E-state index in [2.05, 4.69) is 15.6 Å². The Morgan fingerprint density at radius 3 is 2.52 bits per heavy atom. The predicted molar refractivity (Wildman–Crippen MR) is 117 cm³/mol. The highest BCUT2D eigenvalue weighted by molar-refractivity contribution is 7.99. The van der Waals surface area contributed by atoms with E-state index in [9.17, 15) is 9.59 Å². The van der Waals surface area contributed by atoms with Crippen molar-refractivity contribution >= 4 is 29.3 Å². The first-order chi connectivity index (χ1) is 13.9. The van der Waals surface area contributed by atoms with E-state index < -0.39 is 0 Å². The van der Waals surface area contributed by atoms with Gasteiger partial charge in [-0.05, 0) is 56.7 Å². The number of amides is 2. The summed E-state index contributed by atoms with van der Waals surface area (Å²) in [5.41, 5.74) is 3.40. The van der Waals surface area contributed by atoms with Crippen LogP contribution in [0.1, 0.15) is 29.8 Å². The standard InChI is InChI=1S/C22H24N4O2S/c1-15(2)24-21(28)17-8-10-18(11-9-17)25-20(27)14-29-22-23-12-13-26(22)19-7-5-4-6-16(19)3/h4-13,15H,14H2,1-3H3,(H,24,28)(H,25,27). The number of carbonyl (C=O) groups is 2. The molecule has 3 rings (SSSR count). The van der Waals surface area contributed by atoms with Crippen LogP contribution in [0.5, 0.6) is 0 Å². The van der Waals surface area contributed by atoms with Crippen LogP contribution in [0.2, 0.25) is 0 Å². The maximum atomic E-state index is 12.3. The number of rotatable bonds is 7. The Balaban J connectivity index is 1.58. The Bertz CT molecular complexity index is 996. The van der Waals surface area contributed by atoms with Gasteiger partial charge >= 0.3 is 0 Å². The molecule has 1 aromatic heterocycles. The molecule has 3 aromatic rings. The largest absolute Gasteiger partial charge is 0.350 e. The Morgan fingerprint density at radius 2 is 1.83 bits per heavy atom. The van der Waals surface area contributed by atoms with Crippen LogP contribution in [-0.4, -0.2) is 33.2 Å². The van der Waals surface area contributed by atoms with Crippen LogP contribution >= 0.6 is 11.8 Å². The first kappa shape index (κ1) is 20.7. The summed E-state index contributed by atoms with van der Waals surface area (Å²) in [4.78, 5) is 28.7. The number of benzene rings is 2. The van der Waals surface area contributed by atoms with E-state index in [4.69, 9.17) is 0 Å². The zero-order valence-electron chi connectivity index (χ0n) is 16.7. The molecule has 0 saturated carbocycles. The van der Waals surface area contributed by atoms with Crippen molar-refractivity contribution < 1.29 is 9.59 Å². The molecular weight excluding hydrogens is 384 g/mol. The van der Waals surface area contributed by atoms with E-state index in [1.165, 1.54) is 11.8 Å². The molecule has 0 bridgehead atoms. The average Bonchev–Trinajstić information content (AvgIpc) is 3.15. The number of nitrogens with zero attached hydrogens (tertiary/aromatic N) is 2. The average molecular weight is 409 g/mol. The lowest BCUT2D eigenvalue weighted by atomic mass is 10.2.